The molecule has 0 aliphatic heterocycles. The van der Waals surface area contributed by atoms with Crippen LogP contribution in [0.5, 0.6) is 5.75 Å². The number of ether oxygens (including phenoxy) is 1. The molecule has 2 rings (SSSR count). The zero-order chi connectivity index (χ0) is 15.1. The molecule has 112 valence electrons. The number of benzene rings is 2. The molecule has 0 fully saturated rings. The van der Waals surface area contributed by atoms with Crippen molar-refractivity contribution in [2.45, 2.75) is 39.3 Å². The summed E-state index contributed by atoms with van der Waals surface area (Å²) < 4.78 is 5.97. The highest BCUT2D eigenvalue weighted by Gasteiger charge is 2.12. The zero-order valence-corrected chi connectivity index (χ0v) is 13.0. The smallest absolute Gasteiger partial charge is 0.124 e. The molecule has 0 aliphatic rings. The van der Waals surface area contributed by atoms with E-state index in [0.29, 0.717) is 12.5 Å². The lowest BCUT2D eigenvalue weighted by molar-refractivity contribution is 0.300. The first-order chi connectivity index (χ1) is 10.2. The Morgan fingerprint density at radius 3 is 2.29 bits per heavy atom. The predicted octanol–water partition coefficient (Wildman–Crippen LogP) is 4.70. The summed E-state index contributed by atoms with van der Waals surface area (Å²) in [7, 11) is 0. The van der Waals surface area contributed by atoms with E-state index in [1.165, 1.54) is 5.56 Å². The third-order valence-corrected chi connectivity index (χ3v) is 3.61. The quantitative estimate of drug-likeness (QED) is 0.799. The number of nitrogens with two attached hydrogens (primary N) is 1. The van der Waals surface area contributed by atoms with E-state index in [-0.39, 0.29) is 6.04 Å². The second-order valence-corrected chi connectivity index (χ2v) is 5.89. The molecule has 0 amide bonds. The van der Waals surface area contributed by atoms with Gasteiger partial charge in [-0.3, -0.25) is 0 Å². The van der Waals surface area contributed by atoms with Crippen molar-refractivity contribution < 1.29 is 4.74 Å². The van der Waals surface area contributed by atoms with Crippen LogP contribution < -0.4 is 10.5 Å². The molecular weight excluding hydrogens is 258 g/mol. The van der Waals surface area contributed by atoms with Crippen LogP contribution in [0.4, 0.5) is 0 Å². The van der Waals surface area contributed by atoms with Gasteiger partial charge in [-0.25, -0.2) is 0 Å². The van der Waals surface area contributed by atoms with Crippen molar-refractivity contribution in [3.63, 3.8) is 0 Å². The standard InChI is InChI=1S/C19H25NO/c1-15(2)12-13-18(20)17-10-6-7-11-19(17)21-14-16-8-4-3-5-9-16/h3-11,15,18H,12-14,20H2,1-2H3/t18-/m0/s1. The van der Waals surface area contributed by atoms with Crippen molar-refractivity contribution in [3.8, 4) is 5.75 Å². The molecule has 0 saturated heterocycles. The molecule has 0 radical (unpaired) electrons. The molecule has 0 spiro atoms. The third kappa shape index (κ3) is 4.91. The van der Waals surface area contributed by atoms with E-state index in [0.717, 1.165) is 24.2 Å². The van der Waals surface area contributed by atoms with Crippen LogP contribution in [0, 0.1) is 5.92 Å². The van der Waals surface area contributed by atoms with Gasteiger partial charge in [0.05, 0.1) is 0 Å². The van der Waals surface area contributed by atoms with Crippen molar-refractivity contribution in [1.82, 2.24) is 0 Å². The minimum atomic E-state index is 0.0411. The van der Waals surface area contributed by atoms with Gasteiger partial charge in [0.2, 0.25) is 0 Å². The molecule has 2 aromatic carbocycles. The van der Waals surface area contributed by atoms with Gasteiger partial charge in [0, 0.05) is 11.6 Å². The first-order valence-electron chi connectivity index (χ1n) is 7.68. The number of hydrogen-bond donors (Lipinski definition) is 1. The highest BCUT2D eigenvalue weighted by atomic mass is 16.5. The van der Waals surface area contributed by atoms with Crippen LogP contribution in [0.25, 0.3) is 0 Å². The molecule has 2 N–H and O–H groups in total. The molecule has 0 saturated carbocycles. The molecule has 1 atom stereocenters. The second-order valence-electron chi connectivity index (χ2n) is 5.89. The molecular formula is C19H25NO. The third-order valence-electron chi connectivity index (χ3n) is 3.61. The summed E-state index contributed by atoms with van der Waals surface area (Å²) in [6.45, 7) is 5.03. The van der Waals surface area contributed by atoms with Crippen molar-refractivity contribution in [2.75, 3.05) is 0 Å². The first kappa shape index (κ1) is 15.6. The normalized spacial score (nSPS) is 12.4. The van der Waals surface area contributed by atoms with Gasteiger partial charge in [-0.1, -0.05) is 62.4 Å². The summed E-state index contributed by atoms with van der Waals surface area (Å²) in [5.41, 5.74) is 8.61. The van der Waals surface area contributed by atoms with Crippen LogP contribution in [-0.2, 0) is 6.61 Å². The summed E-state index contributed by atoms with van der Waals surface area (Å²) in [6, 6.07) is 18.4. The van der Waals surface area contributed by atoms with E-state index in [2.05, 4.69) is 32.0 Å². The Kier molecular flexibility index (Phi) is 5.82. The van der Waals surface area contributed by atoms with Crippen molar-refractivity contribution in [2.24, 2.45) is 11.7 Å². The molecule has 2 aromatic rings. The SMILES string of the molecule is CC(C)CC[C@H](N)c1ccccc1OCc1ccccc1. The van der Waals surface area contributed by atoms with Crippen molar-refractivity contribution >= 4 is 0 Å². The minimum absolute atomic E-state index is 0.0411. The Labute approximate surface area is 127 Å². The number of para-hydroxylation sites is 1. The van der Waals surface area contributed by atoms with E-state index in [4.69, 9.17) is 10.5 Å². The van der Waals surface area contributed by atoms with Crippen LogP contribution in [0.2, 0.25) is 0 Å². The molecule has 0 aromatic heterocycles. The first-order valence-corrected chi connectivity index (χ1v) is 7.68. The summed E-state index contributed by atoms with van der Waals surface area (Å²) in [5.74, 6) is 1.58. The van der Waals surface area contributed by atoms with E-state index in [9.17, 15) is 0 Å². The molecule has 0 unspecified atom stereocenters. The van der Waals surface area contributed by atoms with Crippen LogP contribution in [0.1, 0.15) is 43.9 Å². The van der Waals surface area contributed by atoms with Gasteiger partial charge < -0.3 is 10.5 Å². The molecule has 2 nitrogen and oxygen atoms in total. The number of hydrogen-bond acceptors (Lipinski definition) is 2. The monoisotopic (exact) mass is 283 g/mol. The second kappa shape index (κ2) is 7.84. The average Bonchev–Trinajstić information content (AvgIpc) is 2.52. The summed E-state index contributed by atoms with van der Waals surface area (Å²) >= 11 is 0. The Morgan fingerprint density at radius 1 is 0.905 bits per heavy atom. The van der Waals surface area contributed by atoms with Gasteiger partial charge in [0.1, 0.15) is 12.4 Å². The summed E-state index contributed by atoms with van der Waals surface area (Å²) in [6.07, 6.45) is 2.12. The molecule has 0 heterocycles. The maximum atomic E-state index is 6.33. The lowest BCUT2D eigenvalue weighted by atomic mass is 9.98. The van der Waals surface area contributed by atoms with Gasteiger partial charge in [-0.15, -0.1) is 0 Å². The number of rotatable bonds is 7. The molecule has 0 aliphatic carbocycles. The largest absolute Gasteiger partial charge is 0.489 e. The topological polar surface area (TPSA) is 35.2 Å². The van der Waals surface area contributed by atoms with Gasteiger partial charge in [-0.05, 0) is 30.4 Å². The van der Waals surface area contributed by atoms with E-state index in [1.807, 2.05) is 36.4 Å². The maximum Gasteiger partial charge on any atom is 0.124 e. The highest BCUT2D eigenvalue weighted by Crippen LogP contribution is 2.28. The fourth-order valence-corrected chi connectivity index (χ4v) is 2.32. The van der Waals surface area contributed by atoms with Crippen LogP contribution >= 0.6 is 0 Å². The fourth-order valence-electron chi connectivity index (χ4n) is 2.32. The average molecular weight is 283 g/mol. The van der Waals surface area contributed by atoms with E-state index >= 15 is 0 Å². The van der Waals surface area contributed by atoms with Gasteiger partial charge in [-0.2, -0.15) is 0 Å². The minimum Gasteiger partial charge on any atom is -0.489 e. The van der Waals surface area contributed by atoms with Crippen LogP contribution in [-0.4, -0.2) is 0 Å². The molecule has 2 heteroatoms. The lowest BCUT2D eigenvalue weighted by Crippen LogP contribution is -2.13. The highest BCUT2D eigenvalue weighted by molar-refractivity contribution is 5.36. The Bertz CT molecular complexity index is 536. The van der Waals surface area contributed by atoms with E-state index in [1.54, 1.807) is 0 Å². The van der Waals surface area contributed by atoms with Crippen molar-refractivity contribution in [1.29, 1.82) is 0 Å². The zero-order valence-electron chi connectivity index (χ0n) is 13.0. The van der Waals surface area contributed by atoms with Gasteiger partial charge >= 0.3 is 0 Å². The molecule has 21 heavy (non-hydrogen) atoms. The predicted molar refractivity (Wildman–Crippen MR) is 88.2 cm³/mol. The fraction of sp³-hybridized carbons (Fsp3) is 0.368. The van der Waals surface area contributed by atoms with Crippen LogP contribution in [0.15, 0.2) is 54.6 Å². The maximum absolute atomic E-state index is 6.33. The Hall–Kier alpha value is -1.80. The van der Waals surface area contributed by atoms with E-state index < -0.39 is 0 Å². The van der Waals surface area contributed by atoms with Crippen LogP contribution in [0.3, 0.4) is 0 Å². The molecule has 0 bridgehead atoms. The summed E-state index contributed by atoms with van der Waals surface area (Å²) in [5, 5.41) is 0. The van der Waals surface area contributed by atoms with Gasteiger partial charge in [0.15, 0.2) is 0 Å². The Balaban J connectivity index is 2.02. The van der Waals surface area contributed by atoms with Crippen molar-refractivity contribution in [3.05, 3.63) is 65.7 Å². The Morgan fingerprint density at radius 2 is 1.57 bits per heavy atom. The lowest BCUT2D eigenvalue weighted by Gasteiger charge is -2.18. The van der Waals surface area contributed by atoms with Gasteiger partial charge in [0.25, 0.3) is 0 Å². The summed E-state index contributed by atoms with van der Waals surface area (Å²) in [4.78, 5) is 0.